The molecule has 0 aliphatic heterocycles. The van der Waals surface area contributed by atoms with Gasteiger partial charge in [0.2, 0.25) is 0 Å². The smallest absolute Gasteiger partial charge is 0.146 e. The molecule has 4 heteroatoms. The summed E-state index contributed by atoms with van der Waals surface area (Å²) < 4.78 is 27.3. The third kappa shape index (κ3) is 2.90. The highest BCUT2D eigenvalue weighted by atomic mass is 19.1. The maximum atomic E-state index is 13.8. The van der Waals surface area contributed by atoms with Gasteiger partial charge in [0.25, 0.3) is 0 Å². The molecule has 106 valence electrons. The molecule has 0 spiro atoms. The molecule has 2 aromatic rings. The molecule has 0 aromatic heterocycles. The molecule has 0 fully saturated rings. The fraction of sp³-hybridized carbons (Fsp3) is 0.250. The molecule has 2 aromatic carbocycles. The van der Waals surface area contributed by atoms with E-state index in [0.717, 1.165) is 17.7 Å². The summed E-state index contributed by atoms with van der Waals surface area (Å²) >= 11 is 0. The van der Waals surface area contributed by atoms with Gasteiger partial charge in [-0.1, -0.05) is 12.1 Å². The highest BCUT2D eigenvalue weighted by Gasteiger charge is 2.14. The Labute approximate surface area is 117 Å². The van der Waals surface area contributed by atoms with Crippen molar-refractivity contribution in [2.45, 2.75) is 26.8 Å². The second-order valence-electron chi connectivity index (χ2n) is 5.01. The number of rotatable bonds is 3. The van der Waals surface area contributed by atoms with E-state index in [-0.39, 0.29) is 23.0 Å². The van der Waals surface area contributed by atoms with E-state index in [0.29, 0.717) is 5.56 Å². The number of halogens is 2. The third-order valence-corrected chi connectivity index (χ3v) is 3.27. The van der Waals surface area contributed by atoms with Crippen molar-refractivity contribution in [3.63, 3.8) is 0 Å². The van der Waals surface area contributed by atoms with Crippen molar-refractivity contribution >= 4 is 5.69 Å². The van der Waals surface area contributed by atoms with Gasteiger partial charge in [-0.05, 0) is 44.0 Å². The number of aryl methyl sites for hydroxylation is 2. The zero-order valence-corrected chi connectivity index (χ0v) is 11.7. The van der Waals surface area contributed by atoms with E-state index in [1.165, 1.54) is 6.92 Å². The molecule has 0 saturated carbocycles. The molecule has 2 rings (SSSR count). The first-order chi connectivity index (χ1) is 9.38. The molecule has 1 unspecified atom stereocenters. The van der Waals surface area contributed by atoms with E-state index in [1.54, 1.807) is 19.1 Å². The Morgan fingerprint density at radius 2 is 1.75 bits per heavy atom. The minimum atomic E-state index is -0.512. The molecule has 1 atom stereocenters. The molecule has 2 nitrogen and oxygen atoms in total. The number of benzene rings is 2. The fourth-order valence-electron chi connectivity index (χ4n) is 2.09. The highest BCUT2D eigenvalue weighted by molar-refractivity contribution is 5.50. The van der Waals surface area contributed by atoms with Crippen molar-refractivity contribution < 1.29 is 13.9 Å². The number of phenols is 1. The standard InChI is InChI=1S/C16H17F2NO/c1-9-4-5-12(16(20)6-9)11(3)19-15-8-13(17)10(2)7-14(15)18/h4-8,11,19-20H,1-3H3. The maximum Gasteiger partial charge on any atom is 0.146 e. The summed E-state index contributed by atoms with van der Waals surface area (Å²) in [5.74, 6) is -0.838. The van der Waals surface area contributed by atoms with Crippen molar-refractivity contribution in [1.82, 2.24) is 0 Å². The summed E-state index contributed by atoms with van der Waals surface area (Å²) in [4.78, 5) is 0. The summed E-state index contributed by atoms with van der Waals surface area (Å²) in [6, 6.07) is 7.21. The normalized spacial score (nSPS) is 12.2. The van der Waals surface area contributed by atoms with Crippen LogP contribution in [0.3, 0.4) is 0 Å². The van der Waals surface area contributed by atoms with Crippen LogP contribution >= 0.6 is 0 Å². The molecule has 0 radical (unpaired) electrons. The number of hydrogen-bond donors (Lipinski definition) is 2. The monoisotopic (exact) mass is 277 g/mol. The van der Waals surface area contributed by atoms with Crippen molar-refractivity contribution in [2.24, 2.45) is 0 Å². The van der Waals surface area contributed by atoms with Gasteiger partial charge >= 0.3 is 0 Å². The molecule has 2 N–H and O–H groups in total. The van der Waals surface area contributed by atoms with E-state index >= 15 is 0 Å². The van der Waals surface area contributed by atoms with Gasteiger partial charge in [0.15, 0.2) is 0 Å². The zero-order valence-electron chi connectivity index (χ0n) is 11.7. The van der Waals surface area contributed by atoms with E-state index in [9.17, 15) is 13.9 Å². The number of aromatic hydroxyl groups is 1. The fourth-order valence-corrected chi connectivity index (χ4v) is 2.09. The van der Waals surface area contributed by atoms with E-state index in [4.69, 9.17) is 0 Å². The van der Waals surface area contributed by atoms with Crippen molar-refractivity contribution in [3.05, 3.63) is 58.7 Å². The minimum Gasteiger partial charge on any atom is -0.508 e. The first-order valence-electron chi connectivity index (χ1n) is 6.40. The Kier molecular flexibility index (Phi) is 3.93. The summed E-state index contributed by atoms with van der Waals surface area (Å²) in [7, 11) is 0. The molecule has 0 saturated heterocycles. The Morgan fingerprint density at radius 1 is 1.05 bits per heavy atom. The van der Waals surface area contributed by atoms with Gasteiger partial charge in [-0.2, -0.15) is 0 Å². The first-order valence-corrected chi connectivity index (χ1v) is 6.40. The number of hydrogen-bond acceptors (Lipinski definition) is 2. The minimum absolute atomic E-state index is 0.0839. The number of anilines is 1. The van der Waals surface area contributed by atoms with E-state index < -0.39 is 11.6 Å². The maximum absolute atomic E-state index is 13.8. The molecular formula is C16H17F2NO. The Hall–Kier alpha value is -2.10. The molecule has 0 bridgehead atoms. The summed E-state index contributed by atoms with van der Waals surface area (Å²) in [5.41, 5.74) is 1.92. The number of nitrogens with one attached hydrogen (secondary N) is 1. The van der Waals surface area contributed by atoms with Crippen molar-refractivity contribution in [3.8, 4) is 5.75 Å². The zero-order chi connectivity index (χ0) is 14.9. The van der Waals surface area contributed by atoms with Crippen LogP contribution in [0.5, 0.6) is 5.75 Å². The second-order valence-corrected chi connectivity index (χ2v) is 5.01. The predicted molar refractivity (Wildman–Crippen MR) is 76.0 cm³/mol. The van der Waals surface area contributed by atoms with Crippen LogP contribution in [0.2, 0.25) is 0 Å². The largest absolute Gasteiger partial charge is 0.508 e. The van der Waals surface area contributed by atoms with Crippen LogP contribution in [0.15, 0.2) is 30.3 Å². The second kappa shape index (κ2) is 5.49. The molecule has 0 aliphatic rings. The molecule has 0 amide bonds. The quantitative estimate of drug-likeness (QED) is 0.868. The summed E-state index contributed by atoms with van der Waals surface area (Å²) in [5, 5.41) is 12.8. The average Bonchev–Trinajstić information content (AvgIpc) is 2.35. The van der Waals surface area contributed by atoms with Gasteiger partial charge in [-0.25, -0.2) is 8.78 Å². The van der Waals surface area contributed by atoms with Gasteiger partial charge in [-0.15, -0.1) is 0 Å². The van der Waals surface area contributed by atoms with E-state index in [2.05, 4.69) is 5.32 Å². The molecule has 20 heavy (non-hydrogen) atoms. The molecular weight excluding hydrogens is 260 g/mol. The Balaban J connectivity index is 2.27. The van der Waals surface area contributed by atoms with Gasteiger partial charge in [0.05, 0.1) is 11.7 Å². The van der Waals surface area contributed by atoms with Crippen molar-refractivity contribution in [2.75, 3.05) is 5.32 Å². The van der Waals surface area contributed by atoms with Crippen LogP contribution in [0.25, 0.3) is 0 Å². The lowest BCUT2D eigenvalue weighted by atomic mass is 10.0. The van der Waals surface area contributed by atoms with Crippen LogP contribution in [0.4, 0.5) is 14.5 Å². The molecule has 0 heterocycles. The SMILES string of the molecule is Cc1ccc(C(C)Nc2cc(F)c(C)cc2F)c(O)c1. The van der Waals surface area contributed by atoms with Gasteiger partial charge in [-0.3, -0.25) is 0 Å². The average molecular weight is 277 g/mol. The number of phenolic OH excluding ortho intramolecular Hbond substituents is 1. The lowest BCUT2D eigenvalue weighted by Crippen LogP contribution is -2.09. The van der Waals surface area contributed by atoms with Crippen LogP contribution in [-0.2, 0) is 0 Å². The summed E-state index contributed by atoms with van der Waals surface area (Å²) in [6.07, 6.45) is 0. The van der Waals surface area contributed by atoms with Gasteiger partial charge in [0, 0.05) is 11.6 Å². The van der Waals surface area contributed by atoms with Crippen molar-refractivity contribution in [1.29, 1.82) is 0 Å². The topological polar surface area (TPSA) is 32.3 Å². The first kappa shape index (κ1) is 14.3. The van der Waals surface area contributed by atoms with Crippen LogP contribution in [0, 0.1) is 25.5 Å². The third-order valence-electron chi connectivity index (χ3n) is 3.27. The Bertz CT molecular complexity index is 641. The van der Waals surface area contributed by atoms with Gasteiger partial charge < -0.3 is 10.4 Å². The lowest BCUT2D eigenvalue weighted by Gasteiger charge is -2.18. The highest BCUT2D eigenvalue weighted by Crippen LogP contribution is 2.29. The lowest BCUT2D eigenvalue weighted by molar-refractivity contribution is 0.465. The van der Waals surface area contributed by atoms with E-state index in [1.807, 2.05) is 13.0 Å². The van der Waals surface area contributed by atoms with Crippen LogP contribution in [0.1, 0.15) is 29.7 Å². The van der Waals surface area contributed by atoms with Crippen LogP contribution < -0.4 is 5.32 Å². The molecule has 0 aliphatic carbocycles. The Morgan fingerprint density at radius 3 is 2.40 bits per heavy atom. The summed E-state index contributed by atoms with van der Waals surface area (Å²) in [6.45, 7) is 5.16. The predicted octanol–water partition coefficient (Wildman–Crippen LogP) is 4.46. The van der Waals surface area contributed by atoms with Crippen LogP contribution in [-0.4, -0.2) is 5.11 Å². The van der Waals surface area contributed by atoms with Gasteiger partial charge in [0.1, 0.15) is 17.4 Å².